The minimum Gasteiger partial charge on any atom is -0.506 e. The lowest BCUT2D eigenvalue weighted by molar-refractivity contribution is -0.385. The van der Waals surface area contributed by atoms with E-state index in [4.69, 9.17) is 12.2 Å². The summed E-state index contributed by atoms with van der Waals surface area (Å²) < 4.78 is 0.162. The van der Waals surface area contributed by atoms with Gasteiger partial charge < -0.3 is 10.4 Å². The highest BCUT2D eigenvalue weighted by molar-refractivity contribution is 9.10. The SMILES string of the molecule is O=C1NC(=S)NC1=Cc1cc([N+](=O)[O-])cc(Br)c1O. The van der Waals surface area contributed by atoms with Crippen molar-refractivity contribution in [2.45, 2.75) is 0 Å². The average Bonchev–Trinajstić information content (AvgIpc) is 2.63. The number of phenolic OH excluding ortho intramolecular Hbond substituents is 1. The number of phenols is 1. The summed E-state index contributed by atoms with van der Waals surface area (Å²) in [6.07, 6.45) is 1.28. The first kappa shape index (κ1) is 13.4. The van der Waals surface area contributed by atoms with Crippen LogP contribution in [0.4, 0.5) is 5.69 Å². The lowest BCUT2D eigenvalue weighted by atomic mass is 10.1. The zero-order chi connectivity index (χ0) is 14.2. The topological polar surface area (TPSA) is 104 Å². The summed E-state index contributed by atoms with van der Waals surface area (Å²) in [6, 6.07) is 2.33. The average molecular weight is 344 g/mol. The van der Waals surface area contributed by atoms with Crippen LogP contribution in [-0.4, -0.2) is 21.0 Å². The minimum absolute atomic E-state index is 0.104. The summed E-state index contributed by atoms with van der Waals surface area (Å²) >= 11 is 7.76. The number of nitro groups is 1. The van der Waals surface area contributed by atoms with Crippen molar-refractivity contribution < 1.29 is 14.8 Å². The van der Waals surface area contributed by atoms with E-state index < -0.39 is 10.8 Å². The number of benzene rings is 1. The van der Waals surface area contributed by atoms with E-state index in [0.29, 0.717) is 0 Å². The van der Waals surface area contributed by atoms with Gasteiger partial charge in [0.1, 0.15) is 11.4 Å². The second kappa shape index (κ2) is 4.94. The Morgan fingerprint density at radius 1 is 1.42 bits per heavy atom. The Morgan fingerprint density at radius 3 is 2.63 bits per heavy atom. The van der Waals surface area contributed by atoms with E-state index in [0.717, 1.165) is 6.07 Å². The summed E-state index contributed by atoms with van der Waals surface area (Å²) in [7, 11) is 0. The van der Waals surface area contributed by atoms with E-state index >= 15 is 0 Å². The summed E-state index contributed by atoms with van der Waals surface area (Å²) in [5.74, 6) is -0.669. The number of carbonyl (C=O) groups is 1. The number of rotatable bonds is 2. The van der Waals surface area contributed by atoms with Gasteiger partial charge in [0.05, 0.1) is 9.40 Å². The minimum atomic E-state index is -0.598. The summed E-state index contributed by atoms with van der Waals surface area (Å²) in [5, 5.41) is 25.6. The third kappa shape index (κ3) is 2.71. The highest BCUT2D eigenvalue weighted by Gasteiger charge is 2.22. The Bertz CT molecular complexity index is 644. The molecule has 0 atom stereocenters. The van der Waals surface area contributed by atoms with Crippen molar-refractivity contribution in [2.24, 2.45) is 0 Å². The normalized spacial score (nSPS) is 16.4. The van der Waals surface area contributed by atoms with Crippen LogP contribution in [0.25, 0.3) is 6.08 Å². The molecular weight excluding hydrogens is 338 g/mol. The molecule has 0 aromatic heterocycles. The number of hydrogen-bond acceptors (Lipinski definition) is 5. The zero-order valence-corrected chi connectivity index (χ0v) is 11.5. The molecule has 0 saturated carbocycles. The molecule has 1 aliphatic heterocycles. The van der Waals surface area contributed by atoms with Crippen LogP contribution in [0.1, 0.15) is 5.56 Å². The Balaban J connectivity index is 2.51. The summed E-state index contributed by atoms with van der Waals surface area (Å²) in [5.41, 5.74) is 0.0219. The van der Waals surface area contributed by atoms with E-state index in [-0.39, 0.29) is 32.3 Å². The highest BCUT2D eigenvalue weighted by atomic mass is 79.9. The number of amides is 1. The van der Waals surface area contributed by atoms with E-state index in [1.807, 2.05) is 0 Å². The molecule has 98 valence electrons. The fourth-order valence-electron chi connectivity index (χ4n) is 1.46. The maximum Gasteiger partial charge on any atom is 0.273 e. The largest absolute Gasteiger partial charge is 0.506 e. The molecule has 1 aromatic carbocycles. The number of nitrogens with one attached hydrogen (secondary N) is 2. The zero-order valence-electron chi connectivity index (χ0n) is 9.14. The fraction of sp³-hybridized carbons (Fsp3) is 0. The molecule has 2 rings (SSSR count). The van der Waals surface area contributed by atoms with Gasteiger partial charge in [-0.3, -0.25) is 20.2 Å². The number of aromatic hydroxyl groups is 1. The Kier molecular flexibility index (Phi) is 3.49. The molecule has 1 aliphatic rings. The molecule has 0 bridgehead atoms. The molecule has 1 saturated heterocycles. The van der Waals surface area contributed by atoms with Crippen molar-refractivity contribution in [3.8, 4) is 5.75 Å². The smallest absolute Gasteiger partial charge is 0.273 e. The second-order valence-electron chi connectivity index (χ2n) is 3.59. The Hall–Kier alpha value is -2.00. The van der Waals surface area contributed by atoms with Crippen molar-refractivity contribution in [1.82, 2.24) is 10.6 Å². The van der Waals surface area contributed by atoms with Crippen molar-refractivity contribution >= 4 is 50.9 Å². The number of nitro benzene ring substituents is 1. The number of hydrogen-bond donors (Lipinski definition) is 3. The van der Waals surface area contributed by atoms with Crippen LogP contribution in [0, 0.1) is 10.1 Å². The van der Waals surface area contributed by atoms with E-state index in [1.54, 1.807) is 0 Å². The molecule has 0 unspecified atom stereocenters. The van der Waals surface area contributed by atoms with Crippen LogP contribution >= 0.6 is 28.1 Å². The molecule has 0 radical (unpaired) electrons. The van der Waals surface area contributed by atoms with Gasteiger partial charge in [0.2, 0.25) is 0 Å². The molecule has 1 aromatic rings. The number of halogens is 1. The Labute approximate surface area is 120 Å². The van der Waals surface area contributed by atoms with Crippen LogP contribution in [-0.2, 0) is 4.79 Å². The molecule has 9 heteroatoms. The molecule has 3 N–H and O–H groups in total. The van der Waals surface area contributed by atoms with Crippen LogP contribution < -0.4 is 10.6 Å². The number of thiocarbonyl (C=S) groups is 1. The molecule has 0 aliphatic carbocycles. The van der Waals surface area contributed by atoms with Crippen molar-refractivity contribution in [3.63, 3.8) is 0 Å². The summed E-state index contributed by atoms with van der Waals surface area (Å²) in [4.78, 5) is 21.6. The third-order valence-electron chi connectivity index (χ3n) is 2.31. The van der Waals surface area contributed by atoms with E-state index in [1.165, 1.54) is 12.1 Å². The van der Waals surface area contributed by atoms with Gasteiger partial charge in [-0.2, -0.15) is 0 Å². The highest BCUT2D eigenvalue weighted by Crippen LogP contribution is 2.33. The van der Waals surface area contributed by atoms with Crippen LogP contribution in [0.5, 0.6) is 5.75 Å². The van der Waals surface area contributed by atoms with Gasteiger partial charge in [-0.25, -0.2) is 0 Å². The molecule has 1 amide bonds. The van der Waals surface area contributed by atoms with Gasteiger partial charge in [-0.05, 0) is 34.2 Å². The van der Waals surface area contributed by atoms with E-state index in [2.05, 4.69) is 26.6 Å². The molecule has 1 heterocycles. The fourth-order valence-corrected chi connectivity index (χ4v) is 2.12. The molecular formula is C10H6BrN3O4S. The number of non-ortho nitro benzene ring substituents is 1. The third-order valence-corrected chi connectivity index (χ3v) is 3.12. The van der Waals surface area contributed by atoms with Crippen LogP contribution in [0.15, 0.2) is 22.3 Å². The lowest BCUT2D eigenvalue weighted by Crippen LogP contribution is -2.21. The molecule has 7 nitrogen and oxygen atoms in total. The van der Waals surface area contributed by atoms with Gasteiger partial charge in [0.25, 0.3) is 11.6 Å². The monoisotopic (exact) mass is 343 g/mol. The van der Waals surface area contributed by atoms with Gasteiger partial charge in [-0.1, -0.05) is 0 Å². The predicted octanol–water partition coefficient (Wildman–Crippen LogP) is 1.41. The number of carbonyl (C=O) groups excluding carboxylic acids is 1. The van der Waals surface area contributed by atoms with E-state index in [9.17, 15) is 20.0 Å². The van der Waals surface area contributed by atoms with Gasteiger partial charge in [-0.15, -0.1) is 0 Å². The van der Waals surface area contributed by atoms with Crippen molar-refractivity contribution in [3.05, 3.63) is 38.0 Å². The first-order valence-corrected chi connectivity index (χ1v) is 6.09. The van der Waals surface area contributed by atoms with Crippen LogP contribution in [0.3, 0.4) is 0 Å². The Morgan fingerprint density at radius 2 is 2.11 bits per heavy atom. The van der Waals surface area contributed by atoms with Crippen molar-refractivity contribution in [1.29, 1.82) is 0 Å². The quantitative estimate of drug-likeness (QED) is 0.324. The van der Waals surface area contributed by atoms with Crippen LogP contribution in [0.2, 0.25) is 0 Å². The second-order valence-corrected chi connectivity index (χ2v) is 4.85. The molecule has 19 heavy (non-hydrogen) atoms. The molecule has 1 fully saturated rings. The van der Waals surface area contributed by atoms with Crippen molar-refractivity contribution in [2.75, 3.05) is 0 Å². The van der Waals surface area contributed by atoms with Gasteiger partial charge in [0.15, 0.2) is 5.11 Å². The van der Waals surface area contributed by atoms with Gasteiger partial charge >= 0.3 is 0 Å². The number of nitrogens with zero attached hydrogens (tertiary/aromatic N) is 1. The maximum atomic E-state index is 11.4. The molecule has 0 spiro atoms. The standard InChI is InChI=1S/C10H6BrN3O4S/c11-6-3-5(14(17)18)1-4(8(6)15)2-7-9(16)13-10(19)12-7/h1-3,15H,(H2,12,13,16,19). The first-order valence-electron chi connectivity index (χ1n) is 4.89. The first-order chi connectivity index (χ1) is 8.88. The predicted molar refractivity (Wildman–Crippen MR) is 74.3 cm³/mol. The summed E-state index contributed by atoms with van der Waals surface area (Å²) in [6.45, 7) is 0. The maximum absolute atomic E-state index is 11.4. The lowest BCUT2D eigenvalue weighted by Gasteiger charge is -2.03. The van der Waals surface area contributed by atoms with Gasteiger partial charge in [0, 0.05) is 17.7 Å².